The third kappa shape index (κ3) is 6.20. The smallest absolute Gasteiger partial charge is 0.358 e. The summed E-state index contributed by atoms with van der Waals surface area (Å²) in [5.41, 5.74) is -1.59. The molecule has 2 aliphatic carbocycles. The molecule has 2 bridgehead atoms. The lowest BCUT2D eigenvalue weighted by Crippen LogP contribution is -2.62. The van der Waals surface area contributed by atoms with Gasteiger partial charge in [0.15, 0.2) is 11.6 Å². The number of carbonyl (C=O) groups excluding carboxylic acids is 2. The first-order valence-electron chi connectivity index (χ1n) is 13.3. The maximum absolute atomic E-state index is 14.3. The number of hydrogen-bond donors (Lipinski definition) is 0. The van der Waals surface area contributed by atoms with Crippen LogP contribution in [0.2, 0.25) is 0 Å². The van der Waals surface area contributed by atoms with Crippen molar-refractivity contribution in [2.45, 2.75) is 79.8 Å². The standard InChI is InChI=1S/C30H35F5O5S/c1-15(2)9-12-30-14-18(39-27(41)40-25-23(34)21(32)20(31)22(33)24(25)35)29(6,11-8-10-28(3,4)5)19(26(30)37)16(36)13-17(30)38-7/h9,13,18-19H,8,10-12,14H2,1-7H3. The first-order valence-corrected chi connectivity index (χ1v) is 13.7. The van der Waals surface area contributed by atoms with E-state index in [1.165, 1.54) is 13.2 Å². The third-order valence-corrected chi connectivity index (χ3v) is 8.19. The largest absolute Gasteiger partial charge is 0.500 e. The van der Waals surface area contributed by atoms with Gasteiger partial charge < -0.3 is 14.2 Å². The first kappa shape index (κ1) is 32.7. The van der Waals surface area contributed by atoms with Crippen molar-refractivity contribution in [3.63, 3.8) is 0 Å². The number of methoxy groups -OCH3 is 1. The van der Waals surface area contributed by atoms with Gasteiger partial charge in [-0.3, -0.25) is 9.59 Å². The summed E-state index contributed by atoms with van der Waals surface area (Å²) >= 11 is 5.08. The minimum atomic E-state index is -2.34. The fraction of sp³-hybridized carbons (Fsp3) is 0.567. The second-order valence-electron chi connectivity index (χ2n) is 12.5. The molecule has 11 heteroatoms. The maximum Gasteiger partial charge on any atom is 0.358 e. The number of rotatable bonds is 8. The molecule has 2 aliphatic rings. The average Bonchev–Trinajstić information content (AvgIpc) is 2.87. The van der Waals surface area contributed by atoms with E-state index < -0.39 is 68.7 Å². The van der Waals surface area contributed by atoms with E-state index in [2.05, 4.69) is 0 Å². The van der Waals surface area contributed by atoms with Crippen LogP contribution >= 0.6 is 12.2 Å². The second kappa shape index (κ2) is 11.8. The van der Waals surface area contributed by atoms with Crippen LogP contribution in [0.5, 0.6) is 5.75 Å². The van der Waals surface area contributed by atoms with Gasteiger partial charge in [0, 0.05) is 30.1 Å². The van der Waals surface area contributed by atoms with Gasteiger partial charge in [0.25, 0.3) is 0 Å². The lowest BCUT2D eigenvalue weighted by molar-refractivity contribution is -0.163. The van der Waals surface area contributed by atoms with Crippen molar-refractivity contribution >= 4 is 29.0 Å². The van der Waals surface area contributed by atoms with Gasteiger partial charge >= 0.3 is 5.24 Å². The molecule has 1 saturated carbocycles. The van der Waals surface area contributed by atoms with Gasteiger partial charge in [-0.15, -0.1) is 0 Å². The molecule has 0 radical (unpaired) electrons. The Morgan fingerprint density at radius 3 is 2.12 bits per heavy atom. The zero-order valence-corrected chi connectivity index (χ0v) is 25.0. The molecule has 226 valence electrons. The topological polar surface area (TPSA) is 61.8 Å². The third-order valence-electron chi connectivity index (χ3n) is 8.01. The van der Waals surface area contributed by atoms with Crippen molar-refractivity contribution in [2.24, 2.45) is 22.2 Å². The zero-order chi connectivity index (χ0) is 31.1. The van der Waals surface area contributed by atoms with Crippen LogP contribution in [0.15, 0.2) is 23.5 Å². The highest BCUT2D eigenvalue weighted by Crippen LogP contribution is 2.58. The normalized spacial score (nSPS) is 25.9. The summed E-state index contributed by atoms with van der Waals surface area (Å²) in [7, 11) is 1.35. The summed E-state index contributed by atoms with van der Waals surface area (Å²) in [6, 6.07) is 0. The highest BCUT2D eigenvalue weighted by molar-refractivity contribution is 7.79. The number of ether oxygens (including phenoxy) is 3. The molecule has 4 atom stereocenters. The Morgan fingerprint density at radius 1 is 1.05 bits per heavy atom. The fourth-order valence-corrected chi connectivity index (χ4v) is 5.93. The number of halogens is 5. The molecule has 1 aromatic carbocycles. The number of thiocarbonyl (C=S) groups is 1. The van der Waals surface area contributed by atoms with Crippen LogP contribution in [0.3, 0.4) is 0 Å². The van der Waals surface area contributed by atoms with Gasteiger partial charge in [-0.25, -0.2) is 13.2 Å². The van der Waals surface area contributed by atoms with E-state index in [4.69, 9.17) is 26.4 Å². The lowest BCUT2D eigenvalue weighted by atomic mass is 9.50. The fourth-order valence-electron chi connectivity index (χ4n) is 5.74. The monoisotopic (exact) mass is 602 g/mol. The van der Waals surface area contributed by atoms with E-state index in [0.717, 1.165) is 12.0 Å². The molecule has 0 spiro atoms. The Labute approximate surface area is 242 Å². The number of hydrogen-bond acceptors (Lipinski definition) is 6. The Balaban J connectivity index is 2.08. The van der Waals surface area contributed by atoms with Crippen molar-refractivity contribution in [2.75, 3.05) is 7.11 Å². The van der Waals surface area contributed by atoms with E-state index in [1.54, 1.807) is 6.92 Å². The van der Waals surface area contributed by atoms with Crippen LogP contribution in [0, 0.1) is 51.2 Å². The number of ketones is 2. The van der Waals surface area contributed by atoms with E-state index >= 15 is 0 Å². The van der Waals surface area contributed by atoms with Gasteiger partial charge in [0.05, 0.1) is 18.4 Å². The number of Topliss-reactive ketones (excluding diaryl/α,β-unsaturated/α-hetero) is 1. The number of carbonyl (C=O) groups is 2. The van der Waals surface area contributed by atoms with Gasteiger partial charge in [-0.05, 0) is 38.5 Å². The second-order valence-corrected chi connectivity index (χ2v) is 12.8. The zero-order valence-electron chi connectivity index (χ0n) is 24.2. The molecule has 0 amide bonds. The van der Waals surface area contributed by atoms with Gasteiger partial charge in [0.2, 0.25) is 34.8 Å². The quantitative estimate of drug-likeness (QED) is 0.0759. The predicted molar refractivity (Wildman–Crippen MR) is 145 cm³/mol. The molecule has 41 heavy (non-hydrogen) atoms. The lowest BCUT2D eigenvalue weighted by Gasteiger charge is -2.54. The van der Waals surface area contributed by atoms with E-state index in [9.17, 15) is 31.5 Å². The Bertz CT molecular complexity index is 1280. The van der Waals surface area contributed by atoms with Gasteiger partial charge in [-0.1, -0.05) is 45.8 Å². The molecule has 1 fully saturated rings. The molecule has 0 heterocycles. The molecule has 0 aliphatic heterocycles. The first-order chi connectivity index (χ1) is 18.9. The van der Waals surface area contributed by atoms with E-state index in [-0.39, 0.29) is 29.8 Å². The molecule has 0 aromatic heterocycles. The maximum atomic E-state index is 14.3. The van der Waals surface area contributed by atoms with Crippen LogP contribution in [-0.2, 0) is 19.1 Å². The molecule has 4 unspecified atom stereocenters. The summed E-state index contributed by atoms with van der Waals surface area (Å²) in [5.74, 6) is -14.6. The van der Waals surface area contributed by atoms with Crippen LogP contribution in [-0.4, -0.2) is 30.0 Å². The van der Waals surface area contributed by atoms with Crippen LogP contribution in [0.25, 0.3) is 0 Å². The molecular formula is C30H35F5O5S. The SMILES string of the molecule is COC1=CC(=O)C2C(=O)C1(CC=C(C)C)CC(OC(=S)Oc1c(F)c(F)c(F)c(F)c1F)C2(C)CCCC(C)(C)C. The van der Waals surface area contributed by atoms with Gasteiger partial charge in [0.1, 0.15) is 11.9 Å². The molecule has 5 nitrogen and oxygen atoms in total. The Hall–Kier alpha value is -2.82. The summed E-state index contributed by atoms with van der Waals surface area (Å²) in [4.78, 5) is 27.5. The minimum absolute atomic E-state index is 0.0360. The van der Waals surface area contributed by atoms with Crippen molar-refractivity contribution in [1.29, 1.82) is 0 Å². The van der Waals surface area contributed by atoms with Crippen molar-refractivity contribution < 1.29 is 45.8 Å². The van der Waals surface area contributed by atoms with Crippen molar-refractivity contribution in [3.05, 3.63) is 52.6 Å². The van der Waals surface area contributed by atoms with Crippen molar-refractivity contribution in [1.82, 2.24) is 0 Å². The number of fused-ring (bicyclic) bond motifs is 2. The van der Waals surface area contributed by atoms with E-state index in [0.29, 0.717) is 12.8 Å². The highest BCUT2D eigenvalue weighted by Gasteiger charge is 2.65. The number of benzene rings is 1. The molecule has 0 saturated heterocycles. The predicted octanol–water partition coefficient (Wildman–Crippen LogP) is 7.70. The molecule has 0 N–H and O–H groups in total. The summed E-state index contributed by atoms with van der Waals surface area (Å²) in [6.07, 6.45) is 3.99. The molecule has 1 aromatic rings. The molecule has 3 rings (SSSR count). The van der Waals surface area contributed by atoms with Crippen molar-refractivity contribution in [3.8, 4) is 5.75 Å². The van der Waals surface area contributed by atoms with Crippen LogP contribution < -0.4 is 4.74 Å². The summed E-state index contributed by atoms with van der Waals surface area (Å²) < 4.78 is 86.0. The minimum Gasteiger partial charge on any atom is -0.500 e. The van der Waals surface area contributed by atoms with Crippen LogP contribution in [0.4, 0.5) is 22.0 Å². The Morgan fingerprint density at radius 2 is 1.61 bits per heavy atom. The highest BCUT2D eigenvalue weighted by atomic mass is 32.1. The summed E-state index contributed by atoms with van der Waals surface area (Å²) in [5, 5.41) is -0.916. The number of allylic oxidation sites excluding steroid dienone is 4. The molecular weight excluding hydrogens is 567 g/mol. The Kier molecular flexibility index (Phi) is 9.42. The van der Waals surface area contributed by atoms with E-state index in [1.807, 2.05) is 40.7 Å². The van der Waals surface area contributed by atoms with Gasteiger partial charge in [-0.2, -0.15) is 8.78 Å². The summed E-state index contributed by atoms with van der Waals surface area (Å²) in [6.45, 7) is 11.6. The average molecular weight is 603 g/mol. The van der Waals surface area contributed by atoms with Crippen LogP contribution in [0.1, 0.15) is 73.6 Å².